The molecule has 0 fully saturated rings. The molecule has 0 spiro atoms. The molecular weight excluding hydrogens is 231 g/mol. The molecule has 0 radical (unpaired) electrons. The van der Waals surface area contributed by atoms with Gasteiger partial charge in [-0.1, -0.05) is 12.1 Å². The molecule has 2 rings (SSSR count). The molecule has 0 N–H and O–H groups in total. The van der Waals surface area contributed by atoms with Crippen LogP contribution in [0.1, 0.15) is 23.4 Å². The van der Waals surface area contributed by atoms with Crippen LogP contribution in [0, 0.1) is 5.82 Å². The Labute approximate surface area is 97.0 Å². The van der Waals surface area contributed by atoms with Gasteiger partial charge in [0.1, 0.15) is 0 Å². The average Bonchev–Trinajstić information content (AvgIpc) is 2.71. The first-order chi connectivity index (χ1) is 7.72. The van der Waals surface area contributed by atoms with Gasteiger partial charge < -0.3 is 4.42 Å². The number of hydrogen-bond donors (Lipinski definition) is 0. The van der Waals surface area contributed by atoms with Gasteiger partial charge in [0.25, 0.3) is 0 Å². The number of carbonyl (C=O) groups is 1. The van der Waals surface area contributed by atoms with Crippen LogP contribution in [0.2, 0.25) is 0 Å². The van der Waals surface area contributed by atoms with E-state index < -0.39 is 5.82 Å². The molecule has 2 aromatic rings. The molecular formula is C12H10ClFO2. The standard InChI is InChI=1S/C12H10ClFO2/c13-6-2-5-10(15)11-7-8-3-1-4-9(14)12(8)16-11/h1,3-4,7H,2,5-6H2. The van der Waals surface area contributed by atoms with Gasteiger partial charge in [-0.25, -0.2) is 4.39 Å². The van der Waals surface area contributed by atoms with Gasteiger partial charge in [-0.05, 0) is 18.6 Å². The zero-order chi connectivity index (χ0) is 11.5. The van der Waals surface area contributed by atoms with Crippen molar-refractivity contribution in [2.75, 3.05) is 5.88 Å². The molecule has 1 aromatic heterocycles. The molecule has 4 heteroatoms. The summed E-state index contributed by atoms with van der Waals surface area (Å²) in [5, 5.41) is 0.606. The number of halogens is 2. The average molecular weight is 241 g/mol. The van der Waals surface area contributed by atoms with E-state index in [0.717, 1.165) is 0 Å². The minimum atomic E-state index is -0.450. The van der Waals surface area contributed by atoms with Crippen molar-refractivity contribution < 1.29 is 13.6 Å². The second-order valence-corrected chi connectivity index (χ2v) is 3.86. The van der Waals surface area contributed by atoms with Crippen LogP contribution < -0.4 is 0 Å². The fourth-order valence-electron chi connectivity index (χ4n) is 1.52. The number of rotatable bonds is 4. The molecule has 0 aliphatic rings. The van der Waals surface area contributed by atoms with Gasteiger partial charge >= 0.3 is 0 Å². The number of benzene rings is 1. The summed E-state index contributed by atoms with van der Waals surface area (Å²) in [4.78, 5) is 11.6. The normalized spacial score (nSPS) is 10.9. The fourth-order valence-corrected chi connectivity index (χ4v) is 1.65. The van der Waals surface area contributed by atoms with Crippen molar-refractivity contribution in [2.45, 2.75) is 12.8 Å². The number of alkyl halides is 1. The summed E-state index contributed by atoms with van der Waals surface area (Å²) in [5.74, 6) is 0.0377. The topological polar surface area (TPSA) is 30.2 Å². The van der Waals surface area contributed by atoms with E-state index in [9.17, 15) is 9.18 Å². The van der Waals surface area contributed by atoms with E-state index in [1.165, 1.54) is 6.07 Å². The van der Waals surface area contributed by atoms with Crippen LogP contribution in [0.3, 0.4) is 0 Å². The second kappa shape index (κ2) is 4.66. The summed E-state index contributed by atoms with van der Waals surface area (Å²) in [5.41, 5.74) is 0.136. The Hall–Kier alpha value is -1.35. The first-order valence-electron chi connectivity index (χ1n) is 4.99. The van der Waals surface area contributed by atoms with Crippen molar-refractivity contribution in [3.63, 3.8) is 0 Å². The molecule has 0 unspecified atom stereocenters. The van der Waals surface area contributed by atoms with Gasteiger partial charge in [0.2, 0.25) is 0 Å². The van der Waals surface area contributed by atoms with Crippen LogP contribution in [0.5, 0.6) is 0 Å². The van der Waals surface area contributed by atoms with Crippen LogP contribution in [0.25, 0.3) is 11.0 Å². The number of furan rings is 1. The highest BCUT2D eigenvalue weighted by Crippen LogP contribution is 2.23. The van der Waals surface area contributed by atoms with E-state index in [-0.39, 0.29) is 17.1 Å². The van der Waals surface area contributed by atoms with Gasteiger partial charge in [-0.2, -0.15) is 0 Å². The Kier molecular flexibility index (Phi) is 3.25. The van der Waals surface area contributed by atoms with E-state index in [4.69, 9.17) is 16.0 Å². The number of para-hydroxylation sites is 1. The molecule has 1 aromatic carbocycles. The van der Waals surface area contributed by atoms with Gasteiger partial charge in [0.15, 0.2) is 22.9 Å². The highest BCUT2D eigenvalue weighted by molar-refractivity contribution is 6.18. The lowest BCUT2D eigenvalue weighted by atomic mass is 10.2. The maximum absolute atomic E-state index is 13.3. The Bertz CT molecular complexity index is 519. The van der Waals surface area contributed by atoms with E-state index >= 15 is 0 Å². The van der Waals surface area contributed by atoms with Crippen LogP contribution in [0.4, 0.5) is 4.39 Å². The van der Waals surface area contributed by atoms with Crippen LogP contribution in [-0.4, -0.2) is 11.7 Å². The molecule has 16 heavy (non-hydrogen) atoms. The lowest BCUT2D eigenvalue weighted by Crippen LogP contribution is -1.96. The van der Waals surface area contributed by atoms with Crippen molar-refractivity contribution in [1.82, 2.24) is 0 Å². The van der Waals surface area contributed by atoms with Crippen molar-refractivity contribution >= 4 is 28.4 Å². The molecule has 84 valence electrons. The van der Waals surface area contributed by atoms with Gasteiger partial charge in [-0.15, -0.1) is 11.6 Å². The summed E-state index contributed by atoms with van der Waals surface area (Å²) in [7, 11) is 0. The smallest absolute Gasteiger partial charge is 0.198 e. The number of fused-ring (bicyclic) bond motifs is 1. The van der Waals surface area contributed by atoms with Crippen molar-refractivity contribution in [3.05, 3.63) is 35.8 Å². The molecule has 0 saturated carbocycles. The Balaban J connectivity index is 2.32. The van der Waals surface area contributed by atoms with Gasteiger partial charge in [0.05, 0.1) is 0 Å². The maximum atomic E-state index is 13.3. The number of hydrogen-bond acceptors (Lipinski definition) is 2. The lowest BCUT2D eigenvalue weighted by Gasteiger charge is -1.93. The summed E-state index contributed by atoms with van der Waals surface area (Å²) in [6, 6.07) is 6.16. The Morgan fingerprint density at radius 1 is 1.44 bits per heavy atom. The van der Waals surface area contributed by atoms with E-state index in [2.05, 4.69) is 0 Å². The predicted molar refractivity (Wildman–Crippen MR) is 60.5 cm³/mol. The number of carbonyl (C=O) groups excluding carboxylic acids is 1. The Morgan fingerprint density at radius 3 is 2.94 bits per heavy atom. The molecule has 1 heterocycles. The largest absolute Gasteiger partial charge is 0.450 e. The molecule has 0 atom stereocenters. The number of ketones is 1. The van der Waals surface area contributed by atoms with E-state index in [1.54, 1.807) is 18.2 Å². The predicted octanol–water partition coefficient (Wildman–Crippen LogP) is 3.77. The summed E-state index contributed by atoms with van der Waals surface area (Å²) in [6.07, 6.45) is 0.921. The third kappa shape index (κ3) is 2.09. The highest BCUT2D eigenvalue weighted by Gasteiger charge is 2.13. The van der Waals surface area contributed by atoms with Gasteiger partial charge in [0, 0.05) is 17.7 Å². The monoisotopic (exact) mass is 240 g/mol. The van der Waals surface area contributed by atoms with Crippen LogP contribution >= 0.6 is 11.6 Å². The zero-order valence-corrected chi connectivity index (χ0v) is 9.26. The molecule has 0 amide bonds. The maximum Gasteiger partial charge on any atom is 0.198 e. The van der Waals surface area contributed by atoms with Crippen LogP contribution in [-0.2, 0) is 0 Å². The van der Waals surface area contributed by atoms with Crippen molar-refractivity contribution in [1.29, 1.82) is 0 Å². The summed E-state index contributed by atoms with van der Waals surface area (Å²) in [6.45, 7) is 0. The first kappa shape index (κ1) is 11.1. The van der Waals surface area contributed by atoms with E-state index in [0.29, 0.717) is 24.1 Å². The Morgan fingerprint density at radius 2 is 2.25 bits per heavy atom. The summed E-state index contributed by atoms with van der Waals surface area (Å²) >= 11 is 5.49. The molecule has 2 nitrogen and oxygen atoms in total. The third-order valence-electron chi connectivity index (χ3n) is 2.31. The molecule has 0 saturated heterocycles. The highest BCUT2D eigenvalue weighted by atomic mass is 35.5. The van der Waals surface area contributed by atoms with Crippen LogP contribution in [0.15, 0.2) is 28.7 Å². The third-order valence-corrected chi connectivity index (χ3v) is 2.58. The quantitative estimate of drug-likeness (QED) is 0.601. The summed E-state index contributed by atoms with van der Waals surface area (Å²) < 4.78 is 18.5. The van der Waals surface area contributed by atoms with E-state index in [1.807, 2.05) is 0 Å². The number of Topliss-reactive ketones (excluding diaryl/α,β-unsaturated/α-hetero) is 1. The molecule has 0 bridgehead atoms. The lowest BCUT2D eigenvalue weighted by molar-refractivity contribution is 0.0957. The minimum Gasteiger partial charge on any atom is -0.450 e. The second-order valence-electron chi connectivity index (χ2n) is 3.48. The van der Waals surface area contributed by atoms with Crippen molar-refractivity contribution in [2.24, 2.45) is 0 Å². The molecule has 0 aliphatic carbocycles. The zero-order valence-electron chi connectivity index (χ0n) is 8.50. The molecule has 0 aliphatic heterocycles. The van der Waals surface area contributed by atoms with Gasteiger partial charge in [-0.3, -0.25) is 4.79 Å². The fraction of sp³-hybridized carbons (Fsp3) is 0.250. The minimum absolute atomic E-state index is 0.136. The SMILES string of the molecule is O=C(CCCCl)c1cc2cccc(F)c2o1. The first-order valence-corrected chi connectivity index (χ1v) is 5.53. The van der Waals surface area contributed by atoms with Crippen molar-refractivity contribution in [3.8, 4) is 0 Å².